The standard InChI is InChI=1S/C12H22O4/c1-3-4-5-6-7-11(16-10(2)13)8-9-12(14)15/h11H,3-9H2,1-2H3,(H,14,15). The molecule has 0 aromatic heterocycles. The molecule has 0 fully saturated rings. The molecule has 0 aromatic carbocycles. The summed E-state index contributed by atoms with van der Waals surface area (Å²) in [5.74, 6) is -1.17. The van der Waals surface area contributed by atoms with Gasteiger partial charge in [-0.25, -0.2) is 0 Å². The lowest BCUT2D eigenvalue weighted by molar-refractivity contribution is -0.149. The lowest BCUT2D eigenvalue weighted by atomic mass is 10.1. The van der Waals surface area contributed by atoms with E-state index in [1.165, 1.54) is 13.3 Å². The highest BCUT2D eigenvalue weighted by atomic mass is 16.5. The largest absolute Gasteiger partial charge is 0.481 e. The van der Waals surface area contributed by atoms with Crippen molar-refractivity contribution in [2.75, 3.05) is 0 Å². The van der Waals surface area contributed by atoms with Gasteiger partial charge in [0.05, 0.1) is 0 Å². The van der Waals surface area contributed by atoms with E-state index >= 15 is 0 Å². The summed E-state index contributed by atoms with van der Waals surface area (Å²) in [6, 6.07) is 0. The van der Waals surface area contributed by atoms with Crippen molar-refractivity contribution in [3.05, 3.63) is 0 Å². The van der Waals surface area contributed by atoms with Gasteiger partial charge in [-0.05, 0) is 19.3 Å². The van der Waals surface area contributed by atoms with Crippen molar-refractivity contribution in [3.63, 3.8) is 0 Å². The molecule has 4 heteroatoms. The fourth-order valence-corrected chi connectivity index (χ4v) is 1.58. The summed E-state index contributed by atoms with van der Waals surface area (Å²) in [7, 11) is 0. The number of carboxylic acids is 1. The zero-order valence-electron chi connectivity index (χ0n) is 10.2. The molecule has 0 spiro atoms. The SMILES string of the molecule is CCCCCCC(CCC(=O)O)OC(C)=O. The Kier molecular flexibility index (Phi) is 8.58. The summed E-state index contributed by atoms with van der Waals surface area (Å²) in [5.41, 5.74) is 0. The van der Waals surface area contributed by atoms with Crippen molar-refractivity contribution in [3.8, 4) is 0 Å². The molecule has 0 bridgehead atoms. The number of rotatable bonds is 9. The average molecular weight is 230 g/mol. The molecule has 0 aliphatic carbocycles. The van der Waals surface area contributed by atoms with Crippen LogP contribution in [0.3, 0.4) is 0 Å². The predicted octanol–water partition coefficient (Wildman–Crippen LogP) is 2.75. The van der Waals surface area contributed by atoms with Crippen LogP contribution >= 0.6 is 0 Å². The summed E-state index contributed by atoms with van der Waals surface area (Å²) in [5, 5.41) is 8.57. The van der Waals surface area contributed by atoms with Gasteiger partial charge in [0.15, 0.2) is 0 Å². The van der Waals surface area contributed by atoms with Crippen LogP contribution in [-0.2, 0) is 14.3 Å². The molecule has 0 aliphatic rings. The highest BCUT2D eigenvalue weighted by Crippen LogP contribution is 2.13. The molecule has 0 amide bonds. The molecule has 0 aliphatic heterocycles. The van der Waals surface area contributed by atoms with Gasteiger partial charge in [-0.2, -0.15) is 0 Å². The number of unbranched alkanes of at least 4 members (excludes halogenated alkanes) is 3. The van der Waals surface area contributed by atoms with Crippen molar-refractivity contribution < 1.29 is 19.4 Å². The van der Waals surface area contributed by atoms with Gasteiger partial charge in [-0.3, -0.25) is 9.59 Å². The van der Waals surface area contributed by atoms with Crippen LogP contribution in [0.2, 0.25) is 0 Å². The maximum atomic E-state index is 10.8. The smallest absolute Gasteiger partial charge is 0.303 e. The minimum atomic E-state index is -0.842. The lowest BCUT2D eigenvalue weighted by Gasteiger charge is -2.15. The number of carbonyl (C=O) groups is 2. The van der Waals surface area contributed by atoms with Crippen LogP contribution in [0.4, 0.5) is 0 Å². The number of aliphatic carboxylic acids is 1. The number of hydrogen-bond donors (Lipinski definition) is 1. The fraction of sp³-hybridized carbons (Fsp3) is 0.833. The zero-order chi connectivity index (χ0) is 12.4. The Morgan fingerprint density at radius 1 is 1.19 bits per heavy atom. The first-order valence-electron chi connectivity index (χ1n) is 5.95. The van der Waals surface area contributed by atoms with Gasteiger partial charge < -0.3 is 9.84 Å². The quantitative estimate of drug-likeness (QED) is 0.488. The third kappa shape index (κ3) is 9.49. The maximum Gasteiger partial charge on any atom is 0.303 e. The number of carbonyl (C=O) groups excluding carboxylic acids is 1. The van der Waals surface area contributed by atoms with Gasteiger partial charge in [-0.1, -0.05) is 26.2 Å². The molecule has 0 saturated heterocycles. The number of ether oxygens (including phenoxy) is 1. The van der Waals surface area contributed by atoms with Gasteiger partial charge in [-0.15, -0.1) is 0 Å². The molecule has 1 unspecified atom stereocenters. The first-order chi connectivity index (χ1) is 7.56. The minimum Gasteiger partial charge on any atom is -0.481 e. The molecule has 0 saturated carbocycles. The second-order valence-corrected chi connectivity index (χ2v) is 4.01. The zero-order valence-corrected chi connectivity index (χ0v) is 10.2. The minimum absolute atomic E-state index is 0.0612. The Labute approximate surface area is 97.0 Å². The Bertz CT molecular complexity index is 213. The maximum absolute atomic E-state index is 10.8. The van der Waals surface area contributed by atoms with Crippen molar-refractivity contribution in [2.45, 2.75) is 64.9 Å². The van der Waals surface area contributed by atoms with Gasteiger partial charge in [0.1, 0.15) is 6.10 Å². The second kappa shape index (κ2) is 9.19. The molecule has 0 rings (SSSR count). The van der Waals surface area contributed by atoms with Crippen LogP contribution in [0.5, 0.6) is 0 Å². The van der Waals surface area contributed by atoms with Crippen molar-refractivity contribution >= 4 is 11.9 Å². The van der Waals surface area contributed by atoms with Gasteiger partial charge in [0.2, 0.25) is 0 Å². The van der Waals surface area contributed by atoms with Crippen molar-refractivity contribution in [1.29, 1.82) is 0 Å². The molecule has 4 nitrogen and oxygen atoms in total. The van der Waals surface area contributed by atoms with Gasteiger partial charge >= 0.3 is 11.9 Å². The Hall–Kier alpha value is -1.06. The van der Waals surface area contributed by atoms with Crippen molar-refractivity contribution in [2.24, 2.45) is 0 Å². The molecule has 1 atom stereocenters. The van der Waals surface area contributed by atoms with Crippen LogP contribution in [0.1, 0.15) is 58.8 Å². The lowest BCUT2D eigenvalue weighted by Crippen LogP contribution is -2.17. The fourth-order valence-electron chi connectivity index (χ4n) is 1.58. The van der Waals surface area contributed by atoms with Crippen LogP contribution in [0, 0.1) is 0 Å². The van der Waals surface area contributed by atoms with E-state index < -0.39 is 5.97 Å². The highest BCUT2D eigenvalue weighted by molar-refractivity contribution is 5.67. The monoisotopic (exact) mass is 230 g/mol. The number of hydrogen-bond acceptors (Lipinski definition) is 3. The van der Waals surface area contributed by atoms with Gasteiger partial charge in [0, 0.05) is 13.3 Å². The Balaban J connectivity index is 3.80. The van der Waals surface area contributed by atoms with Crippen molar-refractivity contribution in [1.82, 2.24) is 0 Å². The summed E-state index contributed by atoms with van der Waals surface area (Å²) < 4.78 is 5.08. The molecular weight excluding hydrogens is 208 g/mol. The van der Waals surface area contributed by atoms with E-state index in [0.717, 1.165) is 25.7 Å². The normalized spacial score (nSPS) is 12.1. The first-order valence-corrected chi connectivity index (χ1v) is 5.95. The highest BCUT2D eigenvalue weighted by Gasteiger charge is 2.13. The van der Waals surface area contributed by atoms with E-state index in [1.54, 1.807) is 0 Å². The van der Waals surface area contributed by atoms with Crippen LogP contribution < -0.4 is 0 Å². The van der Waals surface area contributed by atoms with Crippen LogP contribution in [0.15, 0.2) is 0 Å². The Morgan fingerprint density at radius 2 is 1.88 bits per heavy atom. The van der Waals surface area contributed by atoms with E-state index in [1.807, 2.05) is 0 Å². The summed E-state index contributed by atoms with van der Waals surface area (Å²) in [6.45, 7) is 3.49. The molecule has 0 heterocycles. The summed E-state index contributed by atoms with van der Waals surface area (Å²) in [6.07, 6.45) is 5.45. The third-order valence-electron chi connectivity index (χ3n) is 2.39. The molecule has 94 valence electrons. The summed E-state index contributed by atoms with van der Waals surface area (Å²) in [4.78, 5) is 21.2. The van der Waals surface area contributed by atoms with Gasteiger partial charge in [0.25, 0.3) is 0 Å². The van der Waals surface area contributed by atoms with E-state index in [0.29, 0.717) is 6.42 Å². The average Bonchev–Trinajstić information content (AvgIpc) is 2.19. The third-order valence-corrected chi connectivity index (χ3v) is 2.39. The molecular formula is C12H22O4. The van der Waals surface area contributed by atoms with E-state index in [4.69, 9.17) is 9.84 Å². The van der Waals surface area contributed by atoms with E-state index in [9.17, 15) is 9.59 Å². The second-order valence-electron chi connectivity index (χ2n) is 4.01. The topological polar surface area (TPSA) is 63.6 Å². The van der Waals surface area contributed by atoms with E-state index in [2.05, 4.69) is 6.92 Å². The van der Waals surface area contributed by atoms with E-state index in [-0.39, 0.29) is 18.5 Å². The Morgan fingerprint density at radius 3 is 2.38 bits per heavy atom. The number of carboxylic acid groups (broad SMARTS) is 1. The molecule has 0 radical (unpaired) electrons. The number of esters is 1. The van der Waals surface area contributed by atoms with Crippen LogP contribution in [-0.4, -0.2) is 23.1 Å². The summed E-state index contributed by atoms with van der Waals surface area (Å²) >= 11 is 0. The predicted molar refractivity (Wildman–Crippen MR) is 61.2 cm³/mol. The first kappa shape index (κ1) is 14.9. The molecule has 16 heavy (non-hydrogen) atoms. The molecule has 1 N–H and O–H groups in total. The van der Waals surface area contributed by atoms with Crippen LogP contribution in [0.25, 0.3) is 0 Å². The molecule has 0 aromatic rings.